The fourth-order valence-electron chi connectivity index (χ4n) is 3.54. The zero-order valence-corrected chi connectivity index (χ0v) is 19.3. The van der Waals surface area contributed by atoms with Crippen LogP contribution >= 0.6 is 23.2 Å². The van der Waals surface area contributed by atoms with Crippen molar-refractivity contribution in [2.24, 2.45) is 0 Å². The Kier molecular flexibility index (Phi) is 6.22. The van der Waals surface area contributed by atoms with Gasteiger partial charge in [0.25, 0.3) is 17.7 Å². The normalized spacial score (nSPS) is 13.5. The van der Waals surface area contributed by atoms with E-state index in [2.05, 4.69) is 10.6 Å². The highest BCUT2D eigenvalue weighted by molar-refractivity contribution is 6.53. The molecule has 8 heteroatoms. The third-order valence-corrected chi connectivity index (χ3v) is 5.61. The summed E-state index contributed by atoms with van der Waals surface area (Å²) in [5.41, 5.74) is 4.10. The number of nitrogens with one attached hydrogen (secondary N) is 2. The largest absolute Gasteiger partial charge is 0.350 e. The number of aryl methyl sites for hydroxylation is 2. The standard InChI is InChI=1S/C25H19Cl2N3O3/c1-14-11-15(2)13-19(12-14)29-23(31)16-3-7-18(8-4-16)28-22-21(27)24(32)30(25(22)33)20-9-5-17(26)6-10-20/h3-13,28H,1-2H3,(H,29,31). The van der Waals surface area contributed by atoms with Gasteiger partial charge in [-0.2, -0.15) is 0 Å². The number of benzene rings is 3. The Balaban J connectivity index is 1.48. The molecule has 33 heavy (non-hydrogen) atoms. The molecular formula is C25H19Cl2N3O3. The van der Waals surface area contributed by atoms with E-state index in [4.69, 9.17) is 23.2 Å². The zero-order chi connectivity index (χ0) is 23.7. The third-order valence-electron chi connectivity index (χ3n) is 5.01. The lowest BCUT2D eigenvalue weighted by Crippen LogP contribution is -2.32. The maximum absolute atomic E-state index is 12.9. The van der Waals surface area contributed by atoms with E-state index in [1.165, 1.54) is 0 Å². The van der Waals surface area contributed by atoms with Crippen LogP contribution in [0.3, 0.4) is 0 Å². The van der Waals surface area contributed by atoms with Gasteiger partial charge in [-0.1, -0.05) is 29.3 Å². The number of hydrogen-bond acceptors (Lipinski definition) is 4. The Hall–Kier alpha value is -3.61. The Morgan fingerprint density at radius 2 is 1.39 bits per heavy atom. The number of nitrogens with zero attached hydrogens (tertiary/aromatic N) is 1. The first kappa shape index (κ1) is 22.6. The van der Waals surface area contributed by atoms with E-state index in [1.807, 2.05) is 32.0 Å². The summed E-state index contributed by atoms with van der Waals surface area (Å²) >= 11 is 12.0. The molecule has 0 saturated heterocycles. The van der Waals surface area contributed by atoms with Crippen molar-refractivity contribution in [3.05, 3.63) is 99.2 Å². The van der Waals surface area contributed by atoms with Gasteiger partial charge >= 0.3 is 0 Å². The van der Waals surface area contributed by atoms with Crippen LogP contribution in [0.1, 0.15) is 21.5 Å². The average molecular weight is 480 g/mol. The maximum Gasteiger partial charge on any atom is 0.283 e. The van der Waals surface area contributed by atoms with E-state index in [-0.39, 0.29) is 16.6 Å². The molecule has 1 heterocycles. The molecular weight excluding hydrogens is 461 g/mol. The summed E-state index contributed by atoms with van der Waals surface area (Å²) in [5, 5.41) is 6.03. The first-order valence-electron chi connectivity index (χ1n) is 10.0. The predicted molar refractivity (Wildman–Crippen MR) is 131 cm³/mol. The molecule has 1 aliphatic heterocycles. The van der Waals surface area contributed by atoms with E-state index in [9.17, 15) is 14.4 Å². The highest BCUT2D eigenvalue weighted by atomic mass is 35.5. The molecule has 1 aliphatic rings. The van der Waals surface area contributed by atoms with Crippen LogP contribution in [0.25, 0.3) is 0 Å². The summed E-state index contributed by atoms with van der Waals surface area (Å²) < 4.78 is 0. The number of rotatable bonds is 5. The summed E-state index contributed by atoms with van der Waals surface area (Å²) in [6.07, 6.45) is 0. The van der Waals surface area contributed by atoms with Crippen LogP contribution in [0.4, 0.5) is 17.1 Å². The van der Waals surface area contributed by atoms with Crippen molar-refractivity contribution < 1.29 is 14.4 Å². The minimum Gasteiger partial charge on any atom is -0.350 e. The van der Waals surface area contributed by atoms with E-state index >= 15 is 0 Å². The summed E-state index contributed by atoms with van der Waals surface area (Å²) in [6, 6.07) is 18.6. The van der Waals surface area contributed by atoms with E-state index in [0.29, 0.717) is 27.6 Å². The molecule has 3 aromatic carbocycles. The second kappa shape index (κ2) is 9.10. The summed E-state index contributed by atoms with van der Waals surface area (Å²) in [6.45, 7) is 3.93. The maximum atomic E-state index is 12.9. The van der Waals surface area contributed by atoms with Crippen LogP contribution in [-0.4, -0.2) is 17.7 Å². The first-order valence-corrected chi connectivity index (χ1v) is 10.8. The number of halogens is 2. The quantitative estimate of drug-likeness (QED) is 0.463. The second-order valence-corrected chi connectivity index (χ2v) is 8.46. The lowest BCUT2D eigenvalue weighted by molar-refractivity contribution is -0.120. The Morgan fingerprint density at radius 3 is 2.00 bits per heavy atom. The van der Waals surface area contributed by atoms with Gasteiger partial charge < -0.3 is 10.6 Å². The van der Waals surface area contributed by atoms with Crippen LogP contribution in [-0.2, 0) is 9.59 Å². The second-order valence-electron chi connectivity index (χ2n) is 7.64. The Morgan fingerprint density at radius 1 is 0.788 bits per heavy atom. The predicted octanol–water partition coefficient (Wildman–Crippen LogP) is 5.64. The van der Waals surface area contributed by atoms with E-state index < -0.39 is 11.8 Å². The van der Waals surface area contributed by atoms with Gasteiger partial charge in [0.15, 0.2) is 0 Å². The molecule has 0 fully saturated rings. The van der Waals surface area contributed by atoms with Crippen molar-refractivity contribution in [2.75, 3.05) is 15.5 Å². The number of anilines is 3. The molecule has 0 unspecified atom stereocenters. The van der Waals surface area contributed by atoms with E-state index in [0.717, 1.165) is 16.0 Å². The average Bonchev–Trinajstić information content (AvgIpc) is 2.97. The monoisotopic (exact) mass is 479 g/mol. The van der Waals surface area contributed by atoms with Crippen LogP contribution in [0.15, 0.2) is 77.5 Å². The SMILES string of the molecule is Cc1cc(C)cc(NC(=O)c2ccc(NC3=C(Cl)C(=O)N(c4ccc(Cl)cc4)C3=O)cc2)c1. The first-order chi connectivity index (χ1) is 15.7. The molecule has 0 aliphatic carbocycles. The molecule has 0 radical (unpaired) electrons. The molecule has 6 nitrogen and oxygen atoms in total. The fraction of sp³-hybridized carbons (Fsp3) is 0.0800. The minimum atomic E-state index is -0.629. The highest BCUT2D eigenvalue weighted by Gasteiger charge is 2.38. The fourth-order valence-corrected chi connectivity index (χ4v) is 3.87. The summed E-state index contributed by atoms with van der Waals surface area (Å²) in [7, 11) is 0. The minimum absolute atomic E-state index is 0.0379. The van der Waals surface area contributed by atoms with Crippen molar-refractivity contribution in [3.63, 3.8) is 0 Å². The van der Waals surface area contributed by atoms with Gasteiger partial charge in [0.05, 0.1) is 5.69 Å². The molecule has 3 amide bonds. The van der Waals surface area contributed by atoms with Crippen LogP contribution < -0.4 is 15.5 Å². The lowest BCUT2D eigenvalue weighted by Gasteiger charge is -2.15. The van der Waals surface area contributed by atoms with Gasteiger partial charge in [-0.05, 0) is 85.6 Å². The molecule has 166 valence electrons. The van der Waals surface area contributed by atoms with Gasteiger partial charge in [-0.3, -0.25) is 14.4 Å². The topological polar surface area (TPSA) is 78.5 Å². The number of imide groups is 1. The molecule has 2 N–H and O–H groups in total. The smallest absolute Gasteiger partial charge is 0.283 e. The van der Waals surface area contributed by atoms with Crippen molar-refractivity contribution >= 4 is 58.0 Å². The highest BCUT2D eigenvalue weighted by Crippen LogP contribution is 2.30. The summed E-state index contributed by atoms with van der Waals surface area (Å²) in [4.78, 5) is 39.0. The van der Waals surface area contributed by atoms with E-state index in [1.54, 1.807) is 48.5 Å². The van der Waals surface area contributed by atoms with Gasteiger partial charge in [0.1, 0.15) is 10.7 Å². The van der Waals surface area contributed by atoms with Crippen molar-refractivity contribution in [1.82, 2.24) is 0 Å². The van der Waals surface area contributed by atoms with Crippen LogP contribution in [0, 0.1) is 13.8 Å². The van der Waals surface area contributed by atoms with Crippen LogP contribution in [0.2, 0.25) is 5.02 Å². The molecule has 0 aromatic heterocycles. The molecule has 3 aromatic rings. The Labute approximate surface area is 200 Å². The number of carbonyl (C=O) groups excluding carboxylic acids is 3. The van der Waals surface area contributed by atoms with Crippen molar-refractivity contribution in [1.29, 1.82) is 0 Å². The molecule has 0 saturated carbocycles. The third kappa shape index (κ3) is 4.77. The van der Waals surface area contributed by atoms with Gasteiger partial charge in [0, 0.05) is 22.0 Å². The number of hydrogen-bond donors (Lipinski definition) is 2. The number of amides is 3. The van der Waals surface area contributed by atoms with Gasteiger partial charge in [-0.25, -0.2) is 4.90 Å². The summed E-state index contributed by atoms with van der Waals surface area (Å²) in [5.74, 6) is -1.47. The van der Waals surface area contributed by atoms with Crippen LogP contribution in [0.5, 0.6) is 0 Å². The zero-order valence-electron chi connectivity index (χ0n) is 17.8. The number of carbonyl (C=O) groups is 3. The molecule has 0 spiro atoms. The van der Waals surface area contributed by atoms with Gasteiger partial charge in [0.2, 0.25) is 0 Å². The molecule has 0 atom stereocenters. The Bertz CT molecular complexity index is 1280. The van der Waals surface area contributed by atoms with Gasteiger partial charge in [-0.15, -0.1) is 0 Å². The van der Waals surface area contributed by atoms with Crippen molar-refractivity contribution in [2.45, 2.75) is 13.8 Å². The lowest BCUT2D eigenvalue weighted by atomic mass is 10.1. The molecule has 0 bridgehead atoms. The van der Waals surface area contributed by atoms with Crippen molar-refractivity contribution in [3.8, 4) is 0 Å². The molecule has 4 rings (SSSR count).